The van der Waals surface area contributed by atoms with Crippen molar-refractivity contribution in [2.45, 2.75) is 0 Å². The van der Waals surface area contributed by atoms with Gasteiger partial charge in [-0.15, -0.1) is 0 Å². The van der Waals surface area contributed by atoms with Gasteiger partial charge in [0.15, 0.2) is 4.32 Å². The third-order valence-corrected chi connectivity index (χ3v) is 3.29. The molecule has 0 radical (unpaired) electrons. The van der Waals surface area contributed by atoms with Gasteiger partial charge in [0.2, 0.25) is 0 Å². The Bertz CT molecular complexity index is 567. The number of nitrogens with zero attached hydrogens (tertiary/aromatic N) is 2. The summed E-state index contributed by atoms with van der Waals surface area (Å²) in [7, 11) is 0. The Kier molecular flexibility index (Phi) is 6.47. The normalized spacial score (nSPS) is 10.3. The molecule has 1 aromatic heterocycles. The molecule has 0 aliphatic rings. The molecule has 1 N–H and O–H groups in total. The quantitative estimate of drug-likeness (QED) is 0.429. The van der Waals surface area contributed by atoms with Crippen molar-refractivity contribution >= 4 is 45.3 Å². The minimum absolute atomic E-state index is 0. The second-order valence-corrected chi connectivity index (χ2v) is 4.76. The second kappa shape index (κ2) is 7.62. The Labute approximate surface area is 130 Å². The van der Waals surface area contributed by atoms with Gasteiger partial charge in [0, 0.05) is 11.6 Å². The van der Waals surface area contributed by atoms with E-state index in [1.807, 2.05) is 36.6 Å². The maximum atomic E-state index is 4.98. The monoisotopic (exact) mass is 456 g/mol. The number of thiocarbonyl (C=S) groups is 1. The minimum atomic E-state index is 0. The molecule has 1 aromatic carbocycles. The van der Waals surface area contributed by atoms with Gasteiger partial charge in [0.05, 0.1) is 11.9 Å². The van der Waals surface area contributed by atoms with Crippen molar-refractivity contribution in [2.24, 2.45) is 5.10 Å². The number of pyridine rings is 1. The largest absolute Gasteiger partial charge is 2.00 e. The van der Waals surface area contributed by atoms with Crippen molar-refractivity contribution in [3.63, 3.8) is 0 Å². The molecule has 0 amide bonds. The van der Waals surface area contributed by atoms with Crippen LogP contribution in [0.25, 0.3) is 10.8 Å². The Morgan fingerprint density at radius 3 is 2.94 bits per heavy atom. The van der Waals surface area contributed by atoms with E-state index in [2.05, 4.69) is 15.5 Å². The van der Waals surface area contributed by atoms with Crippen LogP contribution in [0.2, 0.25) is 0 Å². The summed E-state index contributed by atoms with van der Waals surface area (Å²) in [4.78, 5) is 4.29. The molecular weight excluding hydrogens is 445 g/mol. The van der Waals surface area contributed by atoms with Crippen LogP contribution in [0.1, 0.15) is 5.69 Å². The first-order valence-corrected chi connectivity index (χ1v) is 6.65. The van der Waals surface area contributed by atoms with Crippen LogP contribution < -0.4 is 5.43 Å². The summed E-state index contributed by atoms with van der Waals surface area (Å²) < 4.78 is 0.640. The molecule has 0 unspecified atom stereocenters. The fourth-order valence-corrected chi connectivity index (χ4v) is 1.63. The van der Waals surface area contributed by atoms with Crippen molar-refractivity contribution in [3.05, 3.63) is 42.2 Å². The van der Waals surface area contributed by atoms with E-state index >= 15 is 0 Å². The average molecular weight is 456 g/mol. The Morgan fingerprint density at radius 1 is 1.39 bits per heavy atom. The van der Waals surface area contributed by atoms with E-state index in [9.17, 15) is 0 Å². The van der Waals surface area contributed by atoms with Crippen LogP contribution in [0.5, 0.6) is 0 Å². The van der Waals surface area contributed by atoms with Gasteiger partial charge in [-0.3, -0.25) is 10.4 Å². The number of nitrogens with one attached hydrogen (secondary N) is 1. The number of hydrogen-bond acceptors (Lipinski definition) is 4. The van der Waals surface area contributed by atoms with E-state index in [0.29, 0.717) is 4.32 Å². The zero-order chi connectivity index (χ0) is 12.1. The maximum Gasteiger partial charge on any atom is 2.00 e. The summed E-state index contributed by atoms with van der Waals surface area (Å²) in [5.74, 6) is 0. The molecule has 1 heterocycles. The number of hydrogen-bond donors (Lipinski definition) is 1. The molecule has 0 fully saturated rings. The van der Waals surface area contributed by atoms with E-state index in [-0.39, 0.29) is 21.1 Å². The van der Waals surface area contributed by atoms with E-state index < -0.39 is 0 Å². The Balaban J connectivity index is 0.00000162. The summed E-state index contributed by atoms with van der Waals surface area (Å²) in [5, 5.41) is 6.29. The molecule has 0 aliphatic carbocycles. The molecule has 0 atom stereocenters. The van der Waals surface area contributed by atoms with Gasteiger partial charge in [-0.05, 0) is 17.7 Å². The zero-order valence-electron chi connectivity index (χ0n) is 9.57. The van der Waals surface area contributed by atoms with Crippen LogP contribution in [0, 0.1) is 0 Å². The smallest absolute Gasteiger partial charge is 0.262 e. The second-order valence-electron chi connectivity index (χ2n) is 3.28. The van der Waals surface area contributed by atoms with Crippen molar-refractivity contribution < 1.29 is 21.1 Å². The Hall–Kier alpha value is -0.772. The molecule has 0 bridgehead atoms. The predicted octanol–water partition coefficient (Wildman–Crippen LogP) is 2.80. The number of aromatic nitrogens is 1. The van der Waals surface area contributed by atoms with E-state index in [4.69, 9.17) is 12.2 Å². The van der Waals surface area contributed by atoms with E-state index in [0.717, 1.165) is 16.5 Å². The van der Waals surface area contributed by atoms with E-state index in [1.165, 1.54) is 11.8 Å². The summed E-state index contributed by atoms with van der Waals surface area (Å²) >= 11 is 6.43. The molecule has 2 aromatic rings. The molecule has 0 spiro atoms. The summed E-state index contributed by atoms with van der Waals surface area (Å²) in [6.07, 6.45) is 5.36. The van der Waals surface area contributed by atoms with Gasteiger partial charge in [-0.25, -0.2) is 0 Å². The van der Waals surface area contributed by atoms with Crippen LogP contribution in [0.3, 0.4) is 0 Å². The molecule has 3 nitrogen and oxygen atoms in total. The summed E-state index contributed by atoms with van der Waals surface area (Å²) in [5.41, 5.74) is 3.60. The fraction of sp³-hybridized carbons (Fsp3) is 0.0833. The zero-order valence-corrected chi connectivity index (χ0v) is 13.5. The first-order chi connectivity index (χ1) is 8.31. The van der Waals surface area contributed by atoms with Gasteiger partial charge in [0.25, 0.3) is 0 Å². The fourth-order valence-electron chi connectivity index (χ4n) is 1.44. The van der Waals surface area contributed by atoms with Crippen molar-refractivity contribution in [1.29, 1.82) is 0 Å². The number of hydrazone groups is 1. The third-order valence-electron chi connectivity index (χ3n) is 2.23. The van der Waals surface area contributed by atoms with Crippen LogP contribution in [-0.4, -0.2) is 21.8 Å². The van der Waals surface area contributed by atoms with Gasteiger partial charge in [-0.1, -0.05) is 48.2 Å². The third kappa shape index (κ3) is 3.87. The predicted molar refractivity (Wildman–Crippen MR) is 78.6 cm³/mol. The van der Waals surface area contributed by atoms with Crippen LogP contribution in [0.4, 0.5) is 0 Å². The molecule has 2 rings (SSSR count). The van der Waals surface area contributed by atoms with Crippen LogP contribution in [0.15, 0.2) is 41.6 Å². The van der Waals surface area contributed by atoms with Crippen molar-refractivity contribution in [1.82, 2.24) is 10.4 Å². The minimum Gasteiger partial charge on any atom is -0.262 e. The van der Waals surface area contributed by atoms with Gasteiger partial charge in [0.1, 0.15) is 0 Å². The van der Waals surface area contributed by atoms with Crippen LogP contribution in [-0.2, 0) is 21.1 Å². The molecule has 0 saturated carbocycles. The Morgan fingerprint density at radius 2 is 2.17 bits per heavy atom. The molecular formula is C12H11N3PtS2+2. The maximum absolute atomic E-state index is 4.98. The van der Waals surface area contributed by atoms with Gasteiger partial charge >= 0.3 is 21.1 Å². The van der Waals surface area contributed by atoms with Crippen LogP contribution >= 0.6 is 24.0 Å². The molecule has 94 valence electrons. The topological polar surface area (TPSA) is 37.3 Å². The molecule has 0 saturated heterocycles. The summed E-state index contributed by atoms with van der Waals surface area (Å²) in [6, 6.07) is 10.0. The van der Waals surface area contributed by atoms with Gasteiger partial charge < -0.3 is 0 Å². The molecule has 6 heteroatoms. The molecule has 18 heavy (non-hydrogen) atoms. The summed E-state index contributed by atoms with van der Waals surface area (Å²) in [6.45, 7) is 0. The number of benzene rings is 1. The average Bonchev–Trinajstić information content (AvgIpc) is 2.39. The van der Waals surface area contributed by atoms with Crippen molar-refractivity contribution in [3.8, 4) is 0 Å². The standard InChI is InChI=1S/C12H11N3S2.Pt/c1-17-12(16)15-14-8-11-10-5-3-2-4-9(10)6-7-13-11;/h2-8H,1H3,(H,15,16);/q;+2. The van der Waals surface area contributed by atoms with E-state index in [1.54, 1.807) is 12.4 Å². The van der Waals surface area contributed by atoms with Crippen molar-refractivity contribution in [2.75, 3.05) is 6.26 Å². The number of rotatable bonds is 2. The van der Waals surface area contributed by atoms with Gasteiger partial charge in [-0.2, -0.15) is 5.10 Å². The first-order valence-electron chi connectivity index (χ1n) is 5.02. The molecule has 0 aliphatic heterocycles. The number of thioether (sulfide) groups is 1. The number of fused-ring (bicyclic) bond motifs is 1. The SMILES string of the molecule is CSC(=S)NN=Cc1nccc2ccccc12.[Pt+2]. The first kappa shape index (κ1) is 15.3.